The molecule has 1 N–H and O–H groups in total. The molecule has 0 unspecified atom stereocenters. The number of hydrogen-bond acceptors (Lipinski definition) is 1. The van der Waals surface area contributed by atoms with Crippen LogP contribution in [0.2, 0.25) is 10.0 Å². The molecule has 0 aromatic heterocycles. The third-order valence-corrected chi connectivity index (χ3v) is 3.54. The topological polar surface area (TPSA) is 29.1 Å². The van der Waals surface area contributed by atoms with Gasteiger partial charge in [-0.05, 0) is 35.9 Å². The first-order chi connectivity index (χ1) is 9.54. The normalized spacial score (nSPS) is 15.3. The summed E-state index contributed by atoms with van der Waals surface area (Å²) in [6.45, 7) is 0. The van der Waals surface area contributed by atoms with Gasteiger partial charge in [0, 0.05) is 16.2 Å². The van der Waals surface area contributed by atoms with Gasteiger partial charge in [-0.15, -0.1) is 0 Å². The lowest BCUT2D eigenvalue weighted by atomic mass is 10.0. The predicted molar refractivity (Wildman–Crippen MR) is 79.4 cm³/mol. The largest absolute Gasteiger partial charge is 0.321 e. The SMILES string of the molecule is O=C1Nc2cc(Cl)ccc2C1=Cc1ccc(F)c(Cl)c1. The highest BCUT2D eigenvalue weighted by atomic mass is 35.5. The van der Waals surface area contributed by atoms with Crippen LogP contribution in [0, 0.1) is 5.82 Å². The maximum Gasteiger partial charge on any atom is 0.256 e. The average Bonchev–Trinajstić information content (AvgIpc) is 2.69. The number of nitrogens with one attached hydrogen (secondary N) is 1. The van der Waals surface area contributed by atoms with Crippen molar-refractivity contribution in [3.63, 3.8) is 0 Å². The van der Waals surface area contributed by atoms with Crippen LogP contribution in [0.4, 0.5) is 10.1 Å². The van der Waals surface area contributed by atoms with Gasteiger partial charge in [-0.3, -0.25) is 4.79 Å². The first-order valence-electron chi connectivity index (χ1n) is 5.82. The summed E-state index contributed by atoms with van der Waals surface area (Å²) in [5.41, 5.74) is 2.59. The van der Waals surface area contributed by atoms with E-state index in [0.29, 0.717) is 21.8 Å². The second kappa shape index (κ2) is 4.93. The number of anilines is 1. The molecule has 0 bridgehead atoms. The second-order valence-corrected chi connectivity index (χ2v) is 5.22. The minimum absolute atomic E-state index is 0.0223. The predicted octanol–water partition coefficient (Wildman–Crippen LogP) is 4.63. The molecular formula is C15H8Cl2FNO. The summed E-state index contributed by atoms with van der Waals surface area (Å²) >= 11 is 11.6. The monoisotopic (exact) mass is 307 g/mol. The molecule has 2 aromatic rings. The van der Waals surface area contributed by atoms with E-state index in [4.69, 9.17) is 23.2 Å². The van der Waals surface area contributed by atoms with Gasteiger partial charge in [0.2, 0.25) is 0 Å². The molecule has 2 aromatic carbocycles. The Hall–Kier alpha value is -1.84. The fourth-order valence-electron chi connectivity index (χ4n) is 2.08. The summed E-state index contributed by atoms with van der Waals surface area (Å²) in [6, 6.07) is 9.48. The van der Waals surface area contributed by atoms with Crippen molar-refractivity contribution in [3.8, 4) is 0 Å². The van der Waals surface area contributed by atoms with E-state index in [2.05, 4.69) is 5.32 Å². The fourth-order valence-corrected chi connectivity index (χ4v) is 2.44. The van der Waals surface area contributed by atoms with E-state index in [0.717, 1.165) is 5.56 Å². The Balaban J connectivity index is 2.08. The molecule has 20 heavy (non-hydrogen) atoms. The molecule has 0 fully saturated rings. The number of fused-ring (bicyclic) bond motifs is 1. The van der Waals surface area contributed by atoms with Crippen molar-refractivity contribution in [3.05, 3.63) is 63.4 Å². The van der Waals surface area contributed by atoms with E-state index in [9.17, 15) is 9.18 Å². The molecule has 3 rings (SSSR count). The van der Waals surface area contributed by atoms with Gasteiger partial charge in [-0.2, -0.15) is 0 Å². The average molecular weight is 308 g/mol. The molecule has 1 aliphatic heterocycles. The molecule has 0 radical (unpaired) electrons. The van der Waals surface area contributed by atoms with Crippen LogP contribution in [0.1, 0.15) is 11.1 Å². The maximum atomic E-state index is 13.1. The molecular weight excluding hydrogens is 300 g/mol. The number of carbonyl (C=O) groups excluding carboxylic acids is 1. The van der Waals surface area contributed by atoms with E-state index < -0.39 is 5.82 Å². The highest BCUT2D eigenvalue weighted by Gasteiger charge is 2.24. The molecule has 1 amide bonds. The van der Waals surface area contributed by atoms with Gasteiger partial charge in [0.25, 0.3) is 5.91 Å². The van der Waals surface area contributed by atoms with Crippen molar-refractivity contribution < 1.29 is 9.18 Å². The lowest BCUT2D eigenvalue weighted by Crippen LogP contribution is -2.03. The molecule has 0 spiro atoms. The van der Waals surface area contributed by atoms with Gasteiger partial charge in [0.15, 0.2) is 0 Å². The van der Waals surface area contributed by atoms with Gasteiger partial charge in [-0.25, -0.2) is 4.39 Å². The fraction of sp³-hybridized carbons (Fsp3) is 0. The Morgan fingerprint density at radius 3 is 2.65 bits per heavy atom. The van der Waals surface area contributed by atoms with Crippen LogP contribution in [-0.4, -0.2) is 5.91 Å². The first kappa shape index (κ1) is 13.2. The third kappa shape index (κ3) is 2.30. The number of amides is 1. The van der Waals surface area contributed by atoms with Crippen LogP contribution < -0.4 is 5.32 Å². The zero-order valence-electron chi connectivity index (χ0n) is 10.1. The summed E-state index contributed by atoms with van der Waals surface area (Å²) in [5.74, 6) is -0.709. The Bertz CT molecular complexity index is 756. The van der Waals surface area contributed by atoms with E-state index >= 15 is 0 Å². The summed E-state index contributed by atoms with van der Waals surface area (Å²) < 4.78 is 13.1. The zero-order valence-corrected chi connectivity index (χ0v) is 11.6. The van der Waals surface area contributed by atoms with E-state index in [1.807, 2.05) is 0 Å². The van der Waals surface area contributed by atoms with Crippen LogP contribution >= 0.6 is 23.2 Å². The number of benzene rings is 2. The van der Waals surface area contributed by atoms with E-state index in [1.165, 1.54) is 12.1 Å². The lowest BCUT2D eigenvalue weighted by molar-refractivity contribution is -0.110. The Morgan fingerprint density at radius 1 is 1.10 bits per heavy atom. The van der Waals surface area contributed by atoms with Crippen LogP contribution in [0.3, 0.4) is 0 Å². The Kier molecular flexibility index (Phi) is 3.24. The quantitative estimate of drug-likeness (QED) is 0.765. The minimum Gasteiger partial charge on any atom is -0.321 e. The van der Waals surface area contributed by atoms with E-state index in [-0.39, 0.29) is 10.9 Å². The standard InChI is InChI=1S/C15H8Cl2FNO/c16-9-2-3-10-11(15(20)19-14(10)7-9)5-8-1-4-13(18)12(17)6-8/h1-7H,(H,19,20). The van der Waals surface area contributed by atoms with Gasteiger partial charge in [0.1, 0.15) is 5.82 Å². The van der Waals surface area contributed by atoms with Crippen molar-refractivity contribution >= 4 is 46.4 Å². The second-order valence-electron chi connectivity index (χ2n) is 4.38. The molecule has 1 heterocycles. The number of rotatable bonds is 1. The zero-order chi connectivity index (χ0) is 14.3. The molecule has 2 nitrogen and oxygen atoms in total. The highest BCUT2D eigenvalue weighted by molar-refractivity contribution is 6.36. The van der Waals surface area contributed by atoms with Gasteiger partial charge in [0.05, 0.1) is 10.7 Å². The summed E-state index contributed by atoms with van der Waals surface area (Å²) in [5, 5.41) is 3.31. The van der Waals surface area contributed by atoms with E-state index in [1.54, 1.807) is 30.3 Å². The summed E-state index contributed by atoms with van der Waals surface area (Å²) in [4.78, 5) is 12.0. The molecule has 100 valence electrons. The van der Waals surface area contributed by atoms with Crippen LogP contribution in [0.25, 0.3) is 11.6 Å². The molecule has 1 aliphatic rings. The van der Waals surface area contributed by atoms with Crippen molar-refractivity contribution in [2.24, 2.45) is 0 Å². The Labute approximate surface area is 124 Å². The molecule has 5 heteroatoms. The van der Waals surface area contributed by atoms with Crippen molar-refractivity contribution in [1.82, 2.24) is 0 Å². The maximum absolute atomic E-state index is 13.1. The highest BCUT2D eigenvalue weighted by Crippen LogP contribution is 2.35. The molecule has 0 aliphatic carbocycles. The van der Waals surface area contributed by atoms with Crippen molar-refractivity contribution in [2.45, 2.75) is 0 Å². The molecule has 0 atom stereocenters. The first-order valence-corrected chi connectivity index (χ1v) is 6.58. The molecule has 0 saturated carbocycles. The smallest absolute Gasteiger partial charge is 0.256 e. The van der Waals surface area contributed by atoms with Gasteiger partial charge < -0.3 is 5.32 Å². The van der Waals surface area contributed by atoms with Crippen molar-refractivity contribution in [2.75, 3.05) is 5.32 Å². The van der Waals surface area contributed by atoms with Crippen molar-refractivity contribution in [1.29, 1.82) is 0 Å². The third-order valence-electron chi connectivity index (χ3n) is 3.02. The number of carbonyl (C=O) groups is 1. The van der Waals surface area contributed by atoms with Crippen LogP contribution in [-0.2, 0) is 4.79 Å². The molecule has 0 saturated heterocycles. The number of halogens is 3. The summed E-state index contributed by atoms with van der Waals surface area (Å²) in [7, 11) is 0. The Morgan fingerprint density at radius 2 is 1.90 bits per heavy atom. The van der Waals surface area contributed by atoms with Gasteiger partial charge >= 0.3 is 0 Å². The van der Waals surface area contributed by atoms with Gasteiger partial charge in [-0.1, -0.05) is 35.3 Å². The minimum atomic E-state index is -0.489. The number of hydrogen-bond donors (Lipinski definition) is 1. The summed E-state index contributed by atoms with van der Waals surface area (Å²) in [6.07, 6.45) is 1.67. The van der Waals surface area contributed by atoms with Crippen LogP contribution in [0.5, 0.6) is 0 Å². The van der Waals surface area contributed by atoms with Crippen LogP contribution in [0.15, 0.2) is 36.4 Å². The lowest BCUT2D eigenvalue weighted by Gasteiger charge is -2.00.